The topological polar surface area (TPSA) is 55.6 Å². The maximum absolute atomic E-state index is 12.3. The molecule has 1 fully saturated rings. The van der Waals surface area contributed by atoms with Crippen molar-refractivity contribution in [2.75, 3.05) is 13.1 Å². The first-order valence-corrected chi connectivity index (χ1v) is 7.39. The van der Waals surface area contributed by atoms with Gasteiger partial charge < -0.3 is 15.4 Å². The number of benzene rings is 1. The smallest absolute Gasteiger partial charge is 0.263 e. The fraction of sp³-hybridized carbons (Fsp3) is 0.562. The summed E-state index contributed by atoms with van der Waals surface area (Å²) in [4.78, 5) is 14.2. The molecule has 110 valence electrons. The number of likely N-dealkylation sites (tertiary alicyclic amines) is 1. The van der Waals surface area contributed by atoms with Gasteiger partial charge in [0.1, 0.15) is 5.75 Å². The summed E-state index contributed by atoms with van der Waals surface area (Å²) >= 11 is 0. The number of carbonyl (C=O) groups is 1. The zero-order chi connectivity index (χ0) is 14.5. The number of ether oxygens (including phenoxy) is 1. The molecule has 0 spiro atoms. The van der Waals surface area contributed by atoms with E-state index in [1.807, 2.05) is 43.0 Å². The number of amides is 1. The summed E-state index contributed by atoms with van der Waals surface area (Å²) in [5.74, 6) is 0.799. The normalized spacial score (nSPS) is 18.4. The number of rotatable bonds is 4. The monoisotopic (exact) mass is 276 g/mol. The largest absolute Gasteiger partial charge is 0.481 e. The molecule has 1 heterocycles. The number of hydrogen-bond donors (Lipinski definition) is 1. The Kier molecular flexibility index (Phi) is 5.01. The van der Waals surface area contributed by atoms with Crippen molar-refractivity contribution >= 4 is 5.91 Å². The van der Waals surface area contributed by atoms with Gasteiger partial charge in [-0.25, -0.2) is 0 Å². The van der Waals surface area contributed by atoms with Crippen LogP contribution in [-0.2, 0) is 4.79 Å². The Morgan fingerprint density at radius 1 is 1.15 bits per heavy atom. The summed E-state index contributed by atoms with van der Waals surface area (Å²) in [6.07, 6.45) is 2.98. The summed E-state index contributed by atoms with van der Waals surface area (Å²) in [5.41, 5.74) is 6.87. The molecule has 4 nitrogen and oxygen atoms in total. The zero-order valence-electron chi connectivity index (χ0n) is 12.3. The van der Waals surface area contributed by atoms with Gasteiger partial charge in [-0.3, -0.25) is 4.79 Å². The van der Waals surface area contributed by atoms with Crippen LogP contribution in [0.4, 0.5) is 0 Å². The fourth-order valence-corrected chi connectivity index (χ4v) is 2.48. The van der Waals surface area contributed by atoms with Crippen molar-refractivity contribution in [3.05, 3.63) is 29.8 Å². The van der Waals surface area contributed by atoms with Crippen LogP contribution in [0.2, 0.25) is 0 Å². The SMILES string of the molecule is CC(Oc1ccc([C@@H](C)N)cc1)C(=O)N1CCCCC1. The number of hydrogen-bond acceptors (Lipinski definition) is 3. The van der Waals surface area contributed by atoms with Crippen molar-refractivity contribution in [1.29, 1.82) is 0 Å². The van der Waals surface area contributed by atoms with Crippen LogP contribution < -0.4 is 10.5 Å². The third-order valence-electron chi connectivity index (χ3n) is 3.73. The molecule has 1 aliphatic rings. The highest BCUT2D eigenvalue weighted by atomic mass is 16.5. The molecule has 1 aromatic rings. The molecule has 0 saturated carbocycles. The van der Waals surface area contributed by atoms with Crippen LogP contribution in [0.3, 0.4) is 0 Å². The second kappa shape index (κ2) is 6.75. The average Bonchev–Trinajstić information content (AvgIpc) is 2.48. The third-order valence-corrected chi connectivity index (χ3v) is 3.73. The molecular weight excluding hydrogens is 252 g/mol. The fourth-order valence-electron chi connectivity index (χ4n) is 2.48. The predicted molar refractivity (Wildman–Crippen MR) is 79.6 cm³/mol. The first kappa shape index (κ1) is 14.9. The van der Waals surface area contributed by atoms with E-state index in [0.29, 0.717) is 5.75 Å². The summed E-state index contributed by atoms with van der Waals surface area (Å²) in [7, 11) is 0. The Hall–Kier alpha value is -1.55. The van der Waals surface area contributed by atoms with Gasteiger partial charge in [0.2, 0.25) is 0 Å². The zero-order valence-corrected chi connectivity index (χ0v) is 12.3. The Morgan fingerprint density at radius 3 is 2.30 bits per heavy atom. The average molecular weight is 276 g/mol. The molecule has 2 atom stereocenters. The highest BCUT2D eigenvalue weighted by molar-refractivity contribution is 5.81. The van der Waals surface area contributed by atoms with Gasteiger partial charge in [0.15, 0.2) is 6.10 Å². The standard InChI is InChI=1S/C16H24N2O2/c1-12(17)14-6-8-15(9-7-14)20-13(2)16(19)18-10-4-3-5-11-18/h6-9,12-13H,3-5,10-11,17H2,1-2H3/t12-,13?/m1/s1. The molecule has 0 aromatic heterocycles. The van der Waals surface area contributed by atoms with Crippen molar-refractivity contribution in [2.24, 2.45) is 5.73 Å². The number of nitrogens with two attached hydrogens (primary N) is 1. The number of carbonyl (C=O) groups excluding carboxylic acids is 1. The lowest BCUT2D eigenvalue weighted by atomic mass is 10.1. The lowest BCUT2D eigenvalue weighted by Crippen LogP contribution is -2.43. The van der Waals surface area contributed by atoms with Gasteiger partial charge in [0, 0.05) is 19.1 Å². The number of piperidine rings is 1. The van der Waals surface area contributed by atoms with Gasteiger partial charge in [0.25, 0.3) is 5.91 Å². The van der Waals surface area contributed by atoms with Crippen molar-refractivity contribution in [1.82, 2.24) is 4.90 Å². The molecule has 0 aliphatic carbocycles. The van der Waals surface area contributed by atoms with Crippen LogP contribution >= 0.6 is 0 Å². The molecule has 1 saturated heterocycles. The van der Waals surface area contributed by atoms with Crippen LogP contribution in [-0.4, -0.2) is 30.0 Å². The first-order chi connectivity index (χ1) is 9.58. The molecule has 1 aliphatic heterocycles. The summed E-state index contributed by atoms with van der Waals surface area (Å²) in [5, 5.41) is 0. The van der Waals surface area contributed by atoms with Crippen LogP contribution in [0.25, 0.3) is 0 Å². The van der Waals surface area contributed by atoms with Crippen molar-refractivity contribution < 1.29 is 9.53 Å². The summed E-state index contributed by atoms with van der Waals surface area (Å²) in [6, 6.07) is 7.64. The van der Waals surface area contributed by atoms with E-state index in [2.05, 4.69) is 0 Å². The molecule has 2 N–H and O–H groups in total. The predicted octanol–water partition coefficient (Wildman–Crippen LogP) is 2.49. The van der Waals surface area contributed by atoms with E-state index < -0.39 is 6.10 Å². The minimum absolute atomic E-state index is 0.0106. The molecule has 0 bridgehead atoms. The van der Waals surface area contributed by atoms with Crippen LogP contribution in [0, 0.1) is 0 Å². The van der Waals surface area contributed by atoms with E-state index in [1.54, 1.807) is 0 Å². The van der Waals surface area contributed by atoms with Crippen LogP contribution in [0.15, 0.2) is 24.3 Å². The maximum Gasteiger partial charge on any atom is 0.263 e. The van der Waals surface area contributed by atoms with Gasteiger partial charge >= 0.3 is 0 Å². The summed E-state index contributed by atoms with van der Waals surface area (Å²) < 4.78 is 5.73. The van der Waals surface area contributed by atoms with E-state index in [9.17, 15) is 4.79 Å². The molecule has 1 amide bonds. The Morgan fingerprint density at radius 2 is 1.75 bits per heavy atom. The van der Waals surface area contributed by atoms with Crippen molar-refractivity contribution in [3.63, 3.8) is 0 Å². The van der Waals surface area contributed by atoms with Crippen LogP contribution in [0.1, 0.15) is 44.7 Å². The minimum Gasteiger partial charge on any atom is -0.481 e. The lowest BCUT2D eigenvalue weighted by Gasteiger charge is -2.29. The van der Waals surface area contributed by atoms with Crippen molar-refractivity contribution in [2.45, 2.75) is 45.3 Å². The van der Waals surface area contributed by atoms with Gasteiger partial charge in [-0.15, -0.1) is 0 Å². The molecule has 1 unspecified atom stereocenters. The Balaban J connectivity index is 1.92. The van der Waals surface area contributed by atoms with E-state index in [0.717, 1.165) is 31.5 Å². The molecule has 0 radical (unpaired) electrons. The van der Waals surface area contributed by atoms with E-state index in [1.165, 1.54) is 6.42 Å². The van der Waals surface area contributed by atoms with Gasteiger partial charge in [-0.05, 0) is 50.8 Å². The Bertz CT molecular complexity index is 436. The highest BCUT2D eigenvalue weighted by Crippen LogP contribution is 2.18. The molecule has 4 heteroatoms. The second-order valence-corrected chi connectivity index (χ2v) is 5.50. The van der Waals surface area contributed by atoms with Crippen molar-refractivity contribution in [3.8, 4) is 5.75 Å². The summed E-state index contributed by atoms with van der Waals surface area (Å²) in [6.45, 7) is 5.47. The van der Waals surface area contributed by atoms with Gasteiger partial charge in [-0.1, -0.05) is 12.1 Å². The van der Waals surface area contributed by atoms with Crippen LogP contribution in [0.5, 0.6) is 5.75 Å². The highest BCUT2D eigenvalue weighted by Gasteiger charge is 2.23. The molecule has 1 aromatic carbocycles. The second-order valence-electron chi connectivity index (χ2n) is 5.50. The maximum atomic E-state index is 12.3. The van der Waals surface area contributed by atoms with E-state index >= 15 is 0 Å². The van der Waals surface area contributed by atoms with E-state index in [-0.39, 0.29) is 11.9 Å². The Labute approximate surface area is 120 Å². The third kappa shape index (κ3) is 3.73. The minimum atomic E-state index is -0.436. The quantitative estimate of drug-likeness (QED) is 0.919. The number of nitrogens with zero attached hydrogens (tertiary/aromatic N) is 1. The first-order valence-electron chi connectivity index (χ1n) is 7.39. The lowest BCUT2D eigenvalue weighted by molar-refractivity contribution is -0.138. The molecular formula is C16H24N2O2. The van der Waals surface area contributed by atoms with Gasteiger partial charge in [0.05, 0.1) is 0 Å². The molecule has 20 heavy (non-hydrogen) atoms. The van der Waals surface area contributed by atoms with E-state index in [4.69, 9.17) is 10.5 Å². The molecule has 2 rings (SSSR count). The van der Waals surface area contributed by atoms with Gasteiger partial charge in [-0.2, -0.15) is 0 Å².